The summed E-state index contributed by atoms with van der Waals surface area (Å²) in [7, 11) is 0. The molecule has 3 nitrogen and oxygen atoms in total. The van der Waals surface area contributed by atoms with Gasteiger partial charge in [-0.25, -0.2) is 0 Å². The minimum atomic E-state index is -0.560. The quantitative estimate of drug-likeness (QED) is 0.725. The Hall–Kier alpha value is -1.78. The van der Waals surface area contributed by atoms with Crippen LogP contribution in [0.25, 0.3) is 0 Å². The molecule has 134 valence electrons. The molecule has 2 aromatic carbocycles. The zero-order valence-electron chi connectivity index (χ0n) is 15.2. The summed E-state index contributed by atoms with van der Waals surface area (Å²) in [4.78, 5) is 12.6. The molecule has 0 aromatic heterocycles. The van der Waals surface area contributed by atoms with Gasteiger partial charge < -0.3 is 10.4 Å². The number of nitrogens with one attached hydrogen (secondary N) is 1. The molecule has 0 saturated carbocycles. The molecule has 2 atom stereocenters. The lowest BCUT2D eigenvalue weighted by Gasteiger charge is -2.18. The van der Waals surface area contributed by atoms with Crippen molar-refractivity contribution in [3.05, 3.63) is 65.2 Å². The summed E-state index contributed by atoms with van der Waals surface area (Å²) in [6.07, 6.45) is 1.21. The number of para-hydroxylation sites is 1. The summed E-state index contributed by atoms with van der Waals surface area (Å²) in [6, 6.07) is 15.7. The van der Waals surface area contributed by atoms with Gasteiger partial charge in [0.25, 0.3) is 0 Å². The number of carbonyl (C=O) groups is 1. The van der Waals surface area contributed by atoms with Crippen LogP contribution in [0.15, 0.2) is 48.5 Å². The van der Waals surface area contributed by atoms with E-state index in [0.717, 1.165) is 35.2 Å². The molecule has 0 saturated heterocycles. The largest absolute Gasteiger partial charge is 0.388 e. The molecule has 2 aromatic rings. The summed E-state index contributed by atoms with van der Waals surface area (Å²) >= 11 is 1.47. The smallest absolute Gasteiger partial charge is 0.237 e. The van der Waals surface area contributed by atoms with Crippen LogP contribution in [0.2, 0.25) is 0 Å². The number of aliphatic hydroxyl groups excluding tert-OH is 1. The Kier molecular flexibility index (Phi) is 7.53. The highest BCUT2D eigenvalue weighted by Crippen LogP contribution is 2.25. The zero-order chi connectivity index (χ0) is 18.2. The van der Waals surface area contributed by atoms with Crippen molar-refractivity contribution in [3.63, 3.8) is 0 Å². The highest BCUT2D eigenvalue weighted by Gasteiger charge is 2.18. The van der Waals surface area contributed by atoms with E-state index in [-0.39, 0.29) is 11.2 Å². The number of amides is 1. The van der Waals surface area contributed by atoms with E-state index in [4.69, 9.17) is 0 Å². The Morgan fingerprint density at radius 1 is 1.04 bits per heavy atom. The lowest BCUT2D eigenvalue weighted by Crippen LogP contribution is -2.24. The first kappa shape index (κ1) is 19.5. The molecular formula is C21H27NO2S. The first-order valence-electron chi connectivity index (χ1n) is 8.83. The van der Waals surface area contributed by atoms with Crippen molar-refractivity contribution in [1.29, 1.82) is 0 Å². The minimum absolute atomic E-state index is 0.0131. The van der Waals surface area contributed by atoms with Gasteiger partial charge in [-0.15, -0.1) is 11.8 Å². The van der Waals surface area contributed by atoms with Crippen molar-refractivity contribution < 1.29 is 9.90 Å². The Bertz CT molecular complexity index is 665. The first-order chi connectivity index (χ1) is 12.1. The normalized spacial score (nSPS) is 13.3. The van der Waals surface area contributed by atoms with Gasteiger partial charge in [-0.05, 0) is 36.5 Å². The van der Waals surface area contributed by atoms with Crippen LogP contribution in [0.3, 0.4) is 0 Å². The molecule has 0 heterocycles. The topological polar surface area (TPSA) is 49.3 Å². The van der Waals surface area contributed by atoms with Gasteiger partial charge in [0.2, 0.25) is 5.91 Å². The standard InChI is InChI=1S/C21H27NO2S/c1-4-16-12-9-13-17(5-2)20(16)22-21(24)15(3)25-14-19(23)18-10-7-6-8-11-18/h6-13,15,19,23H,4-5,14H2,1-3H3,(H,22,24). The SMILES string of the molecule is CCc1cccc(CC)c1NC(=O)C(C)SCC(O)c1ccccc1. The summed E-state index contributed by atoms with van der Waals surface area (Å²) in [5, 5.41) is 13.1. The third-order valence-electron chi connectivity index (χ3n) is 4.30. The number of benzene rings is 2. The Morgan fingerprint density at radius 2 is 1.64 bits per heavy atom. The monoisotopic (exact) mass is 357 g/mol. The molecule has 0 aliphatic heterocycles. The van der Waals surface area contributed by atoms with Gasteiger partial charge >= 0.3 is 0 Å². The van der Waals surface area contributed by atoms with E-state index in [9.17, 15) is 9.90 Å². The van der Waals surface area contributed by atoms with Gasteiger partial charge in [0.15, 0.2) is 0 Å². The van der Waals surface area contributed by atoms with Gasteiger partial charge in [0, 0.05) is 11.4 Å². The number of carbonyl (C=O) groups excluding carboxylic acids is 1. The van der Waals surface area contributed by atoms with Crippen molar-refractivity contribution in [3.8, 4) is 0 Å². The van der Waals surface area contributed by atoms with Gasteiger partial charge in [-0.1, -0.05) is 62.4 Å². The van der Waals surface area contributed by atoms with Crippen molar-refractivity contribution >= 4 is 23.4 Å². The molecule has 25 heavy (non-hydrogen) atoms. The van der Waals surface area contributed by atoms with Crippen LogP contribution in [-0.4, -0.2) is 22.0 Å². The molecule has 2 unspecified atom stereocenters. The maximum absolute atomic E-state index is 12.6. The van der Waals surface area contributed by atoms with Crippen LogP contribution in [0.4, 0.5) is 5.69 Å². The van der Waals surface area contributed by atoms with E-state index in [2.05, 4.69) is 31.3 Å². The summed E-state index contributed by atoms with van der Waals surface area (Å²) < 4.78 is 0. The summed E-state index contributed by atoms with van der Waals surface area (Å²) in [5.74, 6) is 0.482. The van der Waals surface area contributed by atoms with Crippen molar-refractivity contribution in [1.82, 2.24) is 0 Å². The van der Waals surface area contributed by atoms with Crippen molar-refractivity contribution in [2.45, 2.75) is 45.0 Å². The van der Waals surface area contributed by atoms with Crippen LogP contribution in [0, 0.1) is 0 Å². The van der Waals surface area contributed by atoms with E-state index in [1.807, 2.05) is 43.3 Å². The average molecular weight is 358 g/mol. The fourth-order valence-corrected chi connectivity index (χ4v) is 3.58. The highest BCUT2D eigenvalue weighted by atomic mass is 32.2. The molecule has 0 radical (unpaired) electrons. The van der Waals surface area contributed by atoms with Gasteiger partial charge in [-0.2, -0.15) is 0 Å². The molecule has 0 aliphatic rings. The summed E-state index contributed by atoms with van der Waals surface area (Å²) in [5.41, 5.74) is 4.16. The van der Waals surface area contributed by atoms with Gasteiger partial charge in [0.05, 0.1) is 11.4 Å². The maximum Gasteiger partial charge on any atom is 0.237 e. The second kappa shape index (κ2) is 9.64. The van der Waals surface area contributed by atoms with E-state index in [1.165, 1.54) is 11.8 Å². The predicted molar refractivity (Wildman–Crippen MR) is 107 cm³/mol. The first-order valence-corrected chi connectivity index (χ1v) is 9.87. The van der Waals surface area contributed by atoms with Crippen LogP contribution >= 0.6 is 11.8 Å². The molecule has 4 heteroatoms. The van der Waals surface area contributed by atoms with Gasteiger partial charge in [-0.3, -0.25) is 4.79 Å². The summed E-state index contributed by atoms with van der Waals surface area (Å²) in [6.45, 7) is 6.08. The van der Waals surface area contributed by atoms with E-state index in [1.54, 1.807) is 0 Å². The third-order valence-corrected chi connectivity index (χ3v) is 5.53. The Labute approximate surface area is 154 Å². The van der Waals surface area contributed by atoms with Crippen molar-refractivity contribution in [2.24, 2.45) is 0 Å². The number of aryl methyl sites for hydroxylation is 2. The molecule has 2 rings (SSSR count). The number of thioether (sulfide) groups is 1. The average Bonchev–Trinajstić information content (AvgIpc) is 2.66. The molecular weight excluding hydrogens is 330 g/mol. The fraction of sp³-hybridized carbons (Fsp3) is 0.381. The molecule has 0 fully saturated rings. The Morgan fingerprint density at radius 3 is 2.20 bits per heavy atom. The lowest BCUT2D eigenvalue weighted by molar-refractivity contribution is -0.115. The minimum Gasteiger partial charge on any atom is -0.388 e. The molecule has 2 N–H and O–H groups in total. The molecule has 0 spiro atoms. The number of anilines is 1. The van der Waals surface area contributed by atoms with E-state index >= 15 is 0 Å². The lowest BCUT2D eigenvalue weighted by atomic mass is 10.0. The van der Waals surface area contributed by atoms with Crippen LogP contribution in [0.5, 0.6) is 0 Å². The third kappa shape index (κ3) is 5.35. The molecule has 0 bridgehead atoms. The van der Waals surface area contributed by atoms with Crippen LogP contribution in [0.1, 0.15) is 43.6 Å². The predicted octanol–water partition coefficient (Wildman–Crippen LogP) is 4.61. The number of rotatable bonds is 8. The number of aliphatic hydroxyl groups is 1. The second-order valence-electron chi connectivity index (χ2n) is 6.05. The number of hydrogen-bond acceptors (Lipinski definition) is 3. The molecule has 1 amide bonds. The van der Waals surface area contributed by atoms with Crippen LogP contribution in [-0.2, 0) is 17.6 Å². The maximum atomic E-state index is 12.6. The highest BCUT2D eigenvalue weighted by molar-refractivity contribution is 8.00. The van der Waals surface area contributed by atoms with Crippen molar-refractivity contribution in [2.75, 3.05) is 11.1 Å². The van der Waals surface area contributed by atoms with E-state index < -0.39 is 6.10 Å². The van der Waals surface area contributed by atoms with Gasteiger partial charge in [0.1, 0.15) is 0 Å². The van der Waals surface area contributed by atoms with E-state index in [0.29, 0.717) is 5.75 Å². The zero-order valence-corrected chi connectivity index (χ0v) is 16.0. The van der Waals surface area contributed by atoms with Crippen LogP contribution < -0.4 is 5.32 Å². The molecule has 0 aliphatic carbocycles. The Balaban J connectivity index is 1.97. The fourth-order valence-electron chi connectivity index (χ4n) is 2.71. The second-order valence-corrected chi connectivity index (χ2v) is 7.42. The number of hydrogen-bond donors (Lipinski definition) is 2.